The molecule has 0 fully saturated rings. The van der Waals surface area contributed by atoms with Gasteiger partial charge in [0.2, 0.25) is 6.10 Å². The Kier molecular flexibility index (Phi) is 3.80. The van der Waals surface area contributed by atoms with Crippen LogP contribution in [0.15, 0.2) is 48.5 Å². The van der Waals surface area contributed by atoms with Crippen LogP contribution in [0.25, 0.3) is 0 Å². The Labute approximate surface area is 110 Å². The molecule has 3 nitrogen and oxygen atoms in total. The number of carboxylic acid groups (broad SMARTS) is 1. The molecule has 1 unspecified atom stereocenters. The number of hydrogen-bond acceptors (Lipinski definition) is 2. The lowest BCUT2D eigenvalue weighted by Crippen LogP contribution is -2.19. The van der Waals surface area contributed by atoms with Gasteiger partial charge >= 0.3 is 5.97 Å². The number of ether oxygens (including phenoxy) is 1. The maximum absolute atomic E-state index is 13.6. The minimum absolute atomic E-state index is 0.0107. The van der Waals surface area contributed by atoms with Gasteiger partial charge in [0.25, 0.3) is 0 Å². The predicted molar refractivity (Wildman–Crippen MR) is 68.6 cm³/mol. The lowest BCUT2D eigenvalue weighted by atomic mass is 10.1. The van der Waals surface area contributed by atoms with E-state index >= 15 is 0 Å². The third kappa shape index (κ3) is 3.10. The molecule has 0 bridgehead atoms. The zero-order chi connectivity index (χ0) is 13.8. The number of aryl methyl sites for hydroxylation is 1. The average molecular weight is 260 g/mol. The van der Waals surface area contributed by atoms with E-state index in [1.807, 2.05) is 13.0 Å². The Balaban J connectivity index is 2.32. The topological polar surface area (TPSA) is 46.5 Å². The zero-order valence-corrected chi connectivity index (χ0v) is 10.3. The number of hydrogen-bond donors (Lipinski definition) is 1. The van der Waals surface area contributed by atoms with Gasteiger partial charge in [-0.3, -0.25) is 0 Å². The van der Waals surface area contributed by atoms with E-state index in [9.17, 15) is 14.3 Å². The highest BCUT2D eigenvalue weighted by atomic mass is 19.1. The molecule has 2 aromatic rings. The highest BCUT2D eigenvalue weighted by Crippen LogP contribution is 2.24. The summed E-state index contributed by atoms with van der Waals surface area (Å²) in [6, 6.07) is 12.7. The molecule has 2 rings (SSSR count). The summed E-state index contributed by atoms with van der Waals surface area (Å²) in [5.74, 6) is -1.43. The van der Waals surface area contributed by atoms with Crippen molar-refractivity contribution in [1.82, 2.24) is 0 Å². The van der Waals surface area contributed by atoms with Crippen LogP contribution in [0.1, 0.15) is 17.2 Å². The molecule has 0 aliphatic heterocycles. The molecule has 0 aromatic heterocycles. The first-order chi connectivity index (χ1) is 9.08. The molecule has 1 N–H and O–H groups in total. The smallest absolute Gasteiger partial charge is 0.349 e. The van der Waals surface area contributed by atoms with Gasteiger partial charge in [-0.05, 0) is 30.7 Å². The molecule has 4 heteroatoms. The van der Waals surface area contributed by atoms with E-state index < -0.39 is 17.9 Å². The van der Waals surface area contributed by atoms with Crippen molar-refractivity contribution in [3.63, 3.8) is 0 Å². The molecule has 0 amide bonds. The second-order valence-electron chi connectivity index (χ2n) is 4.17. The van der Waals surface area contributed by atoms with Crippen LogP contribution in [0.2, 0.25) is 0 Å². The van der Waals surface area contributed by atoms with E-state index in [0.29, 0.717) is 5.75 Å². The number of aliphatic carboxylic acids is 1. The summed E-state index contributed by atoms with van der Waals surface area (Å²) in [7, 11) is 0. The van der Waals surface area contributed by atoms with Gasteiger partial charge in [0.05, 0.1) is 0 Å². The normalized spacial score (nSPS) is 11.9. The molecule has 0 spiro atoms. The monoisotopic (exact) mass is 260 g/mol. The Morgan fingerprint density at radius 3 is 2.58 bits per heavy atom. The molecule has 0 aliphatic carbocycles. The van der Waals surface area contributed by atoms with Crippen LogP contribution in [0, 0.1) is 12.7 Å². The molecule has 1 atom stereocenters. The number of halogens is 1. The zero-order valence-electron chi connectivity index (χ0n) is 10.3. The molecule has 2 aromatic carbocycles. The molecule has 0 heterocycles. The van der Waals surface area contributed by atoms with E-state index in [4.69, 9.17) is 4.74 Å². The van der Waals surface area contributed by atoms with Crippen LogP contribution < -0.4 is 4.74 Å². The summed E-state index contributed by atoms with van der Waals surface area (Å²) in [4.78, 5) is 11.2. The van der Waals surface area contributed by atoms with E-state index in [1.165, 1.54) is 18.2 Å². The van der Waals surface area contributed by atoms with Crippen molar-refractivity contribution in [2.24, 2.45) is 0 Å². The van der Waals surface area contributed by atoms with Gasteiger partial charge in [0, 0.05) is 5.56 Å². The van der Waals surface area contributed by atoms with Crippen molar-refractivity contribution in [3.8, 4) is 5.75 Å². The number of rotatable bonds is 4. The van der Waals surface area contributed by atoms with Crippen LogP contribution in [-0.4, -0.2) is 11.1 Å². The molecular formula is C15H13FO3. The van der Waals surface area contributed by atoms with Gasteiger partial charge in [-0.1, -0.05) is 30.3 Å². The number of benzene rings is 2. The summed E-state index contributed by atoms with van der Waals surface area (Å²) < 4.78 is 19.0. The van der Waals surface area contributed by atoms with Crippen molar-refractivity contribution in [2.75, 3.05) is 0 Å². The summed E-state index contributed by atoms with van der Waals surface area (Å²) in [5.41, 5.74) is 0.951. The standard InChI is InChI=1S/C15H13FO3/c1-10-5-4-6-11(9-10)19-14(15(17)18)12-7-2-3-8-13(12)16/h2-9,14H,1H3,(H,17,18). The van der Waals surface area contributed by atoms with Gasteiger partial charge < -0.3 is 9.84 Å². The highest BCUT2D eigenvalue weighted by molar-refractivity contribution is 5.75. The van der Waals surface area contributed by atoms with E-state index in [1.54, 1.807) is 24.3 Å². The minimum Gasteiger partial charge on any atom is -0.478 e. The third-order valence-corrected chi connectivity index (χ3v) is 2.66. The van der Waals surface area contributed by atoms with Crippen LogP contribution in [0.3, 0.4) is 0 Å². The number of carboxylic acids is 1. The fourth-order valence-electron chi connectivity index (χ4n) is 1.76. The lowest BCUT2D eigenvalue weighted by molar-refractivity contribution is -0.145. The Hall–Kier alpha value is -2.36. The molecule has 0 saturated carbocycles. The summed E-state index contributed by atoms with van der Waals surface area (Å²) in [6.07, 6.45) is -1.36. The summed E-state index contributed by atoms with van der Waals surface area (Å²) in [5, 5.41) is 9.19. The van der Waals surface area contributed by atoms with Gasteiger partial charge in [-0.15, -0.1) is 0 Å². The second-order valence-corrected chi connectivity index (χ2v) is 4.17. The highest BCUT2D eigenvalue weighted by Gasteiger charge is 2.24. The fourth-order valence-corrected chi connectivity index (χ4v) is 1.76. The van der Waals surface area contributed by atoms with Crippen molar-refractivity contribution >= 4 is 5.97 Å². The SMILES string of the molecule is Cc1cccc(OC(C(=O)O)c2ccccc2F)c1. The van der Waals surface area contributed by atoms with Crippen LogP contribution >= 0.6 is 0 Å². The van der Waals surface area contributed by atoms with Gasteiger partial charge in [-0.25, -0.2) is 9.18 Å². The van der Waals surface area contributed by atoms with Crippen molar-refractivity contribution in [2.45, 2.75) is 13.0 Å². The average Bonchev–Trinajstić information content (AvgIpc) is 2.37. The largest absolute Gasteiger partial charge is 0.478 e. The maximum Gasteiger partial charge on any atom is 0.349 e. The molecule has 0 radical (unpaired) electrons. The molecular weight excluding hydrogens is 247 g/mol. The van der Waals surface area contributed by atoms with Crippen LogP contribution in [0.5, 0.6) is 5.75 Å². The van der Waals surface area contributed by atoms with Crippen molar-refractivity contribution in [1.29, 1.82) is 0 Å². The van der Waals surface area contributed by atoms with Crippen LogP contribution in [0.4, 0.5) is 4.39 Å². The molecule has 19 heavy (non-hydrogen) atoms. The van der Waals surface area contributed by atoms with Gasteiger partial charge in [0.15, 0.2) is 0 Å². The van der Waals surface area contributed by atoms with Crippen molar-refractivity contribution in [3.05, 3.63) is 65.5 Å². The Morgan fingerprint density at radius 1 is 1.21 bits per heavy atom. The van der Waals surface area contributed by atoms with Gasteiger partial charge in [0.1, 0.15) is 11.6 Å². The lowest BCUT2D eigenvalue weighted by Gasteiger charge is -2.16. The quantitative estimate of drug-likeness (QED) is 0.917. The third-order valence-electron chi connectivity index (χ3n) is 2.66. The molecule has 98 valence electrons. The van der Waals surface area contributed by atoms with E-state index in [2.05, 4.69) is 0 Å². The molecule has 0 aliphatic rings. The first-order valence-electron chi connectivity index (χ1n) is 5.78. The fraction of sp³-hybridized carbons (Fsp3) is 0.133. The van der Waals surface area contributed by atoms with Crippen LogP contribution in [-0.2, 0) is 4.79 Å². The minimum atomic E-state index is -1.36. The first-order valence-corrected chi connectivity index (χ1v) is 5.78. The second kappa shape index (κ2) is 5.52. The summed E-state index contributed by atoms with van der Waals surface area (Å²) >= 11 is 0. The van der Waals surface area contributed by atoms with Gasteiger partial charge in [-0.2, -0.15) is 0 Å². The maximum atomic E-state index is 13.6. The Morgan fingerprint density at radius 2 is 1.95 bits per heavy atom. The predicted octanol–water partition coefficient (Wildman–Crippen LogP) is 3.34. The van der Waals surface area contributed by atoms with Crippen molar-refractivity contribution < 1.29 is 19.0 Å². The van der Waals surface area contributed by atoms with E-state index in [0.717, 1.165) is 5.56 Å². The molecule has 0 saturated heterocycles. The summed E-state index contributed by atoms with van der Waals surface area (Å²) in [6.45, 7) is 1.87. The Bertz CT molecular complexity index is 595. The van der Waals surface area contributed by atoms with E-state index in [-0.39, 0.29) is 5.56 Å². The first kappa shape index (κ1) is 13.1. The number of carbonyl (C=O) groups is 1.